The molecule has 128 valence electrons. The van der Waals surface area contributed by atoms with Gasteiger partial charge < -0.3 is 10.6 Å². The second kappa shape index (κ2) is 6.57. The minimum atomic E-state index is 0. The van der Waals surface area contributed by atoms with Crippen LogP contribution in [0.2, 0.25) is 0 Å². The Morgan fingerprint density at radius 3 is 2.58 bits per heavy atom. The molecule has 1 aliphatic carbocycles. The van der Waals surface area contributed by atoms with Crippen LogP contribution < -0.4 is 5.73 Å². The molecular weight excluding hydrogens is 324 g/mol. The Morgan fingerprint density at radius 2 is 1.96 bits per heavy atom. The predicted octanol–water partition coefficient (Wildman–Crippen LogP) is 2.41. The van der Waals surface area contributed by atoms with Crippen LogP contribution in [0, 0.1) is 18.8 Å². The first-order chi connectivity index (χ1) is 11.1. The van der Waals surface area contributed by atoms with Crippen molar-refractivity contribution in [3.63, 3.8) is 0 Å². The quantitative estimate of drug-likeness (QED) is 0.908. The first-order valence-corrected chi connectivity index (χ1v) is 8.28. The van der Waals surface area contributed by atoms with Crippen LogP contribution in [-0.4, -0.2) is 39.7 Å². The van der Waals surface area contributed by atoms with Gasteiger partial charge >= 0.3 is 0 Å². The molecule has 1 saturated carbocycles. The van der Waals surface area contributed by atoms with Crippen LogP contribution in [0.4, 0.5) is 0 Å². The molecule has 6 heteroatoms. The Hall–Kier alpha value is -1.85. The Balaban J connectivity index is 0.00000169. The van der Waals surface area contributed by atoms with Gasteiger partial charge in [-0.3, -0.25) is 4.79 Å². The van der Waals surface area contributed by atoms with Gasteiger partial charge in [-0.15, -0.1) is 12.4 Å². The maximum absolute atomic E-state index is 12.7. The van der Waals surface area contributed by atoms with Gasteiger partial charge in [0.05, 0.1) is 11.9 Å². The van der Waals surface area contributed by atoms with Gasteiger partial charge in [-0.1, -0.05) is 0 Å². The van der Waals surface area contributed by atoms with Gasteiger partial charge in [-0.2, -0.15) is 5.10 Å². The van der Waals surface area contributed by atoms with Gasteiger partial charge in [-0.05, 0) is 61.4 Å². The van der Waals surface area contributed by atoms with E-state index in [0.29, 0.717) is 11.8 Å². The lowest BCUT2D eigenvalue weighted by Crippen LogP contribution is -2.33. The summed E-state index contributed by atoms with van der Waals surface area (Å²) in [5.74, 6) is 1.21. The number of rotatable bonds is 2. The van der Waals surface area contributed by atoms with E-state index in [4.69, 9.17) is 5.73 Å². The van der Waals surface area contributed by atoms with E-state index in [1.54, 1.807) is 0 Å². The minimum Gasteiger partial charge on any atom is -0.338 e. The van der Waals surface area contributed by atoms with E-state index >= 15 is 0 Å². The topological polar surface area (TPSA) is 64.2 Å². The van der Waals surface area contributed by atoms with Crippen molar-refractivity contribution in [2.24, 2.45) is 17.6 Å². The number of carbonyl (C=O) groups is 1. The fourth-order valence-corrected chi connectivity index (χ4v) is 3.97. The van der Waals surface area contributed by atoms with E-state index in [2.05, 4.69) is 5.10 Å². The monoisotopic (exact) mass is 346 g/mol. The molecule has 2 fully saturated rings. The first kappa shape index (κ1) is 17.0. The number of halogens is 1. The third-order valence-electron chi connectivity index (χ3n) is 5.29. The van der Waals surface area contributed by atoms with Gasteiger partial charge in [-0.25, -0.2) is 4.68 Å². The van der Waals surface area contributed by atoms with Crippen molar-refractivity contribution in [1.29, 1.82) is 0 Å². The molecule has 2 aliphatic rings. The molecule has 24 heavy (non-hydrogen) atoms. The predicted molar refractivity (Wildman–Crippen MR) is 95.6 cm³/mol. The smallest absolute Gasteiger partial charge is 0.253 e. The molecule has 2 N–H and O–H groups in total. The maximum atomic E-state index is 12.7. The molecule has 1 saturated heterocycles. The normalized spacial score (nSPS) is 25.4. The van der Waals surface area contributed by atoms with Crippen molar-refractivity contribution in [2.75, 3.05) is 13.1 Å². The van der Waals surface area contributed by atoms with Crippen molar-refractivity contribution >= 4 is 18.3 Å². The van der Waals surface area contributed by atoms with Crippen molar-refractivity contribution in [3.8, 4) is 5.69 Å². The van der Waals surface area contributed by atoms with Crippen LogP contribution in [0.1, 0.15) is 28.8 Å². The third-order valence-corrected chi connectivity index (χ3v) is 5.29. The maximum Gasteiger partial charge on any atom is 0.253 e. The number of carbonyl (C=O) groups excluding carboxylic acids is 1. The number of likely N-dealkylation sites (tertiary alicyclic amines) is 1. The van der Waals surface area contributed by atoms with E-state index < -0.39 is 0 Å². The number of nitrogens with zero attached hydrogens (tertiary/aromatic N) is 3. The lowest BCUT2D eigenvalue weighted by Gasteiger charge is -2.19. The van der Waals surface area contributed by atoms with Crippen molar-refractivity contribution < 1.29 is 4.79 Å². The van der Waals surface area contributed by atoms with Crippen molar-refractivity contribution in [3.05, 3.63) is 47.8 Å². The van der Waals surface area contributed by atoms with E-state index in [9.17, 15) is 4.79 Å². The lowest BCUT2D eigenvalue weighted by atomic mass is 9.98. The molecular formula is C18H23ClN4O. The zero-order chi connectivity index (χ0) is 16.0. The van der Waals surface area contributed by atoms with Crippen LogP contribution in [0.25, 0.3) is 5.69 Å². The van der Waals surface area contributed by atoms with E-state index in [1.807, 2.05) is 53.2 Å². The van der Waals surface area contributed by atoms with E-state index in [1.165, 1.54) is 0 Å². The molecule has 5 nitrogen and oxygen atoms in total. The zero-order valence-electron chi connectivity index (χ0n) is 13.8. The van der Waals surface area contributed by atoms with E-state index in [0.717, 1.165) is 42.7 Å². The standard InChI is InChI=1S/C18H22N4O.ClH/c1-12-8-20-22(9-12)15-5-2-13(3-6-15)18(23)21-10-14-4-7-17(19)16(14)11-21;/h2-3,5-6,8-9,14,16-17H,4,7,10-11,19H2,1H3;1H. The fraction of sp³-hybridized carbons (Fsp3) is 0.444. The number of hydrogen-bond donors (Lipinski definition) is 1. The van der Waals surface area contributed by atoms with Crippen LogP contribution in [-0.2, 0) is 0 Å². The molecule has 0 bridgehead atoms. The summed E-state index contributed by atoms with van der Waals surface area (Å²) < 4.78 is 1.82. The Kier molecular flexibility index (Phi) is 4.65. The average Bonchev–Trinajstić information content (AvgIpc) is 3.25. The molecule has 3 atom stereocenters. The molecule has 1 aliphatic heterocycles. The molecule has 4 rings (SSSR count). The highest BCUT2D eigenvalue weighted by atomic mass is 35.5. The number of hydrogen-bond acceptors (Lipinski definition) is 3. The molecule has 1 aromatic heterocycles. The van der Waals surface area contributed by atoms with Gasteiger partial charge in [0.25, 0.3) is 5.91 Å². The van der Waals surface area contributed by atoms with Gasteiger partial charge in [0.15, 0.2) is 0 Å². The number of aryl methyl sites for hydroxylation is 1. The Bertz CT molecular complexity index is 727. The minimum absolute atomic E-state index is 0. The molecule has 1 amide bonds. The fourth-order valence-electron chi connectivity index (χ4n) is 3.97. The van der Waals surface area contributed by atoms with Crippen molar-refractivity contribution in [1.82, 2.24) is 14.7 Å². The number of nitrogens with two attached hydrogens (primary N) is 1. The van der Waals surface area contributed by atoms with Crippen LogP contribution in [0.15, 0.2) is 36.7 Å². The zero-order valence-corrected chi connectivity index (χ0v) is 14.6. The Labute approximate surface area is 148 Å². The summed E-state index contributed by atoms with van der Waals surface area (Å²) in [6.07, 6.45) is 6.06. The van der Waals surface area contributed by atoms with Crippen molar-refractivity contribution in [2.45, 2.75) is 25.8 Å². The summed E-state index contributed by atoms with van der Waals surface area (Å²) in [5.41, 5.74) is 8.98. The van der Waals surface area contributed by atoms with Gasteiger partial charge in [0.2, 0.25) is 0 Å². The summed E-state index contributed by atoms with van der Waals surface area (Å²) in [4.78, 5) is 14.7. The summed E-state index contributed by atoms with van der Waals surface area (Å²) in [7, 11) is 0. The molecule has 1 aromatic carbocycles. The van der Waals surface area contributed by atoms with Crippen LogP contribution >= 0.6 is 12.4 Å². The Morgan fingerprint density at radius 1 is 1.21 bits per heavy atom. The highest BCUT2D eigenvalue weighted by molar-refractivity contribution is 5.94. The van der Waals surface area contributed by atoms with Gasteiger partial charge in [0, 0.05) is 30.9 Å². The average molecular weight is 347 g/mol. The first-order valence-electron chi connectivity index (χ1n) is 8.28. The largest absolute Gasteiger partial charge is 0.338 e. The summed E-state index contributed by atoms with van der Waals surface area (Å²) in [5, 5.41) is 4.29. The number of aromatic nitrogens is 2. The lowest BCUT2D eigenvalue weighted by molar-refractivity contribution is 0.0779. The SMILES string of the molecule is Cc1cnn(-c2ccc(C(=O)N3CC4CCC(N)C4C3)cc2)c1.Cl. The molecule has 2 aromatic rings. The third kappa shape index (κ3) is 2.94. The van der Waals surface area contributed by atoms with Crippen LogP contribution in [0.5, 0.6) is 0 Å². The second-order valence-electron chi connectivity index (χ2n) is 6.88. The highest BCUT2D eigenvalue weighted by Gasteiger charge is 2.42. The number of amides is 1. The highest BCUT2D eigenvalue weighted by Crippen LogP contribution is 2.37. The molecule has 2 heterocycles. The summed E-state index contributed by atoms with van der Waals surface area (Å²) >= 11 is 0. The molecule has 3 unspecified atom stereocenters. The van der Waals surface area contributed by atoms with Crippen LogP contribution in [0.3, 0.4) is 0 Å². The summed E-state index contributed by atoms with van der Waals surface area (Å²) in [6, 6.07) is 7.94. The second-order valence-corrected chi connectivity index (χ2v) is 6.88. The molecule has 0 radical (unpaired) electrons. The van der Waals surface area contributed by atoms with E-state index in [-0.39, 0.29) is 24.4 Å². The number of fused-ring (bicyclic) bond motifs is 1. The number of benzene rings is 1. The summed E-state index contributed by atoms with van der Waals surface area (Å²) in [6.45, 7) is 3.68. The molecule has 0 spiro atoms. The van der Waals surface area contributed by atoms with Gasteiger partial charge in [0.1, 0.15) is 0 Å².